The van der Waals surface area contributed by atoms with Gasteiger partial charge in [0, 0.05) is 18.8 Å². The van der Waals surface area contributed by atoms with E-state index in [0.29, 0.717) is 19.8 Å². The summed E-state index contributed by atoms with van der Waals surface area (Å²) in [6.45, 7) is 5.82. The lowest BCUT2D eigenvalue weighted by atomic mass is 10.1. The van der Waals surface area contributed by atoms with Crippen molar-refractivity contribution in [1.29, 1.82) is 0 Å². The number of methoxy groups -OCH3 is 1. The molecule has 0 atom stereocenters. The minimum Gasteiger partial charge on any atom is -0.490 e. The van der Waals surface area contributed by atoms with E-state index >= 15 is 0 Å². The number of carbonyl (C=O) groups excluding carboxylic acids is 1. The molecule has 0 heterocycles. The van der Waals surface area contributed by atoms with Gasteiger partial charge in [-0.15, -0.1) is 0 Å². The molecule has 0 radical (unpaired) electrons. The van der Waals surface area contributed by atoms with Crippen LogP contribution in [-0.2, 0) is 16.0 Å². The fraction of sp³-hybridized carbons (Fsp3) is 0.438. The number of carbonyl (C=O) groups is 1. The Morgan fingerprint density at radius 3 is 2.57 bits per heavy atom. The van der Waals surface area contributed by atoms with Gasteiger partial charge in [0.2, 0.25) is 0 Å². The number of esters is 1. The molecule has 0 unspecified atom stereocenters. The third kappa shape index (κ3) is 6.21. The maximum absolute atomic E-state index is 10.9. The normalized spacial score (nSPS) is 10.4. The summed E-state index contributed by atoms with van der Waals surface area (Å²) in [5.41, 5.74) is 1.14. The molecule has 0 amide bonds. The van der Waals surface area contributed by atoms with E-state index in [-0.39, 0.29) is 5.97 Å². The van der Waals surface area contributed by atoms with Crippen molar-refractivity contribution in [2.45, 2.75) is 20.3 Å². The third-order valence-electron chi connectivity index (χ3n) is 2.70. The lowest BCUT2D eigenvalue weighted by Crippen LogP contribution is -2.11. The SMILES string of the molecule is CCOc1ccc(CCNC=CC(=O)OC)cc1OCC. The molecule has 0 fully saturated rings. The first-order valence-electron chi connectivity index (χ1n) is 7.07. The monoisotopic (exact) mass is 293 g/mol. The van der Waals surface area contributed by atoms with Gasteiger partial charge in [0.15, 0.2) is 11.5 Å². The van der Waals surface area contributed by atoms with Gasteiger partial charge in [-0.2, -0.15) is 0 Å². The van der Waals surface area contributed by atoms with Crippen molar-refractivity contribution in [1.82, 2.24) is 5.32 Å². The highest BCUT2D eigenvalue weighted by Crippen LogP contribution is 2.28. The van der Waals surface area contributed by atoms with E-state index in [0.717, 1.165) is 23.5 Å². The van der Waals surface area contributed by atoms with E-state index in [4.69, 9.17) is 9.47 Å². The summed E-state index contributed by atoms with van der Waals surface area (Å²) in [6.07, 6.45) is 3.76. The molecular weight excluding hydrogens is 270 g/mol. The number of benzene rings is 1. The second kappa shape index (κ2) is 9.69. The molecule has 0 aliphatic carbocycles. The van der Waals surface area contributed by atoms with Crippen LogP contribution >= 0.6 is 0 Å². The Morgan fingerprint density at radius 1 is 1.19 bits per heavy atom. The van der Waals surface area contributed by atoms with Gasteiger partial charge < -0.3 is 19.5 Å². The van der Waals surface area contributed by atoms with E-state index in [1.807, 2.05) is 32.0 Å². The fourth-order valence-electron chi connectivity index (χ4n) is 1.75. The zero-order chi connectivity index (χ0) is 15.5. The molecule has 0 spiro atoms. The van der Waals surface area contributed by atoms with Crippen molar-refractivity contribution in [2.75, 3.05) is 26.9 Å². The maximum atomic E-state index is 10.9. The van der Waals surface area contributed by atoms with E-state index in [9.17, 15) is 4.79 Å². The van der Waals surface area contributed by atoms with Gasteiger partial charge in [-0.05, 0) is 38.0 Å². The van der Waals surface area contributed by atoms with Crippen LogP contribution in [0.3, 0.4) is 0 Å². The second-order valence-electron chi connectivity index (χ2n) is 4.21. The summed E-state index contributed by atoms with van der Waals surface area (Å²) in [7, 11) is 1.35. The van der Waals surface area contributed by atoms with E-state index in [1.54, 1.807) is 6.20 Å². The lowest BCUT2D eigenvalue weighted by molar-refractivity contribution is -0.134. The summed E-state index contributed by atoms with van der Waals surface area (Å²) in [5.74, 6) is 1.16. The van der Waals surface area contributed by atoms with Crippen molar-refractivity contribution < 1.29 is 19.0 Å². The highest BCUT2D eigenvalue weighted by atomic mass is 16.5. The van der Waals surface area contributed by atoms with Crippen LogP contribution in [0.5, 0.6) is 11.5 Å². The number of nitrogens with one attached hydrogen (secondary N) is 1. The molecule has 5 heteroatoms. The molecular formula is C16H23NO4. The zero-order valence-corrected chi connectivity index (χ0v) is 12.8. The molecule has 0 aliphatic rings. The number of hydrogen-bond acceptors (Lipinski definition) is 5. The minimum absolute atomic E-state index is 0.373. The predicted octanol–water partition coefficient (Wildman–Crippen LogP) is 2.30. The highest BCUT2D eigenvalue weighted by Gasteiger charge is 2.05. The standard InChI is InChI=1S/C16H23NO4/c1-4-20-14-7-6-13(12-15(14)21-5-2)8-10-17-11-9-16(18)19-3/h6-7,9,11-12,17H,4-5,8,10H2,1-3H3. The molecule has 1 N–H and O–H groups in total. The average molecular weight is 293 g/mol. The predicted molar refractivity (Wildman–Crippen MR) is 81.6 cm³/mol. The Morgan fingerprint density at radius 2 is 1.90 bits per heavy atom. The highest BCUT2D eigenvalue weighted by molar-refractivity contribution is 5.81. The molecule has 0 bridgehead atoms. The van der Waals surface area contributed by atoms with Gasteiger partial charge in [-0.1, -0.05) is 6.07 Å². The molecule has 116 valence electrons. The summed E-state index contributed by atoms with van der Waals surface area (Å²) in [6, 6.07) is 5.92. The molecule has 5 nitrogen and oxygen atoms in total. The average Bonchev–Trinajstić information content (AvgIpc) is 2.49. The smallest absolute Gasteiger partial charge is 0.331 e. The van der Waals surface area contributed by atoms with Gasteiger partial charge in [0.1, 0.15) is 0 Å². The molecule has 1 rings (SSSR count). The largest absolute Gasteiger partial charge is 0.490 e. The molecule has 0 aromatic heterocycles. The van der Waals surface area contributed by atoms with Crippen LogP contribution in [0.25, 0.3) is 0 Å². The minimum atomic E-state index is -0.373. The number of rotatable bonds is 9. The van der Waals surface area contributed by atoms with E-state index < -0.39 is 0 Å². The Hall–Kier alpha value is -2.17. The van der Waals surface area contributed by atoms with Crippen LogP contribution in [-0.4, -0.2) is 32.8 Å². The molecule has 1 aromatic rings. The third-order valence-corrected chi connectivity index (χ3v) is 2.70. The van der Waals surface area contributed by atoms with Crippen LogP contribution in [0.2, 0.25) is 0 Å². The van der Waals surface area contributed by atoms with Crippen molar-refractivity contribution in [2.24, 2.45) is 0 Å². The van der Waals surface area contributed by atoms with Crippen LogP contribution in [0.1, 0.15) is 19.4 Å². The Labute approximate surface area is 125 Å². The van der Waals surface area contributed by atoms with Crippen LogP contribution in [0.4, 0.5) is 0 Å². The summed E-state index contributed by atoms with van der Waals surface area (Å²) < 4.78 is 15.6. The summed E-state index contributed by atoms with van der Waals surface area (Å²) >= 11 is 0. The van der Waals surface area contributed by atoms with Crippen molar-refractivity contribution >= 4 is 5.97 Å². The quantitative estimate of drug-likeness (QED) is 0.430. The van der Waals surface area contributed by atoms with E-state index in [2.05, 4.69) is 10.1 Å². The molecule has 0 aliphatic heterocycles. The molecule has 1 aromatic carbocycles. The van der Waals surface area contributed by atoms with Crippen LogP contribution in [0.15, 0.2) is 30.5 Å². The van der Waals surface area contributed by atoms with Crippen LogP contribution in [0, 0.1) is 0 Å². The zero-order valence-electron chi connectivity index (χ0n) is 12.8. The van der Waals surface area contributed by atoms with Gasteiger partial charge in [0.05, 0.1) is 20.3 Å². The van der Waals surface area contributed by atoms with E-state index in [1.165, 1.54) is 13.2 Å². The van der Waals surface area contributed by atoms with Gasteiger partial charge >= 0.3 is 5.97 Å². The Bertz CT molecular complexity index is 471. The van der Waals surface area contributed by atoms with Gasteiger partial charge in [-0.25, -0.2) is 4.79 Å². The Kier molecular flexibility index (Phi) is 7.79. The maximum Gasteiger partial charge on any atom is 0.331 e. The molecule has 21 heavy (non-hydrogen) atoms. The molecule has 0 saturated heterocycles. The first-order chi connectivity index (χ1) is 10.2. The fourth-order valence-corrected chi connectivity index (χ4v) is 1.75. The second-order valence-corrected chi connectivity index (χ2v) is 4.21. The topological polar surface area (TPSA) is 56.8 Å². The Balaban J connectivity index is 2.53. The lowest BCUT2D eigenvalue weighted by Gasteiger charge is -2.12. The number of ether oxygens (including phenoxy) is 3. The van der Waals surface area contributed by atoms with Gasteiger partial charge in [0.25, 0.3) is 0 Å². The first-order valence-corrected chi connectivity index (χ1v) is 7.07. The van der Waals surface area contributed by atoms with Crippen molar-refractivity contribution in [3.63, 3.8) is 0 Å². The van der Waals surface area contributed by atoms with Crippen molar-refractivity contribution in [3.8, 4) is 11.5 Å². The van der Waals surface area contributed by atoms with Crippen LogP contribution < -0.4 is 14.8 Å². The van der Waals surface area contributed by atoms with Gasteiger partial charge in [-0.3, -0.25) is 0 Å². The first kappa shape index (κ1) is 16.9. The summed E-state index contributed by atoms with van der Waals surface area (Å²) in [4.78, 5) is 10.9. The number of hydrogen-bond donors (Lipinski definition) is 1. The van der Waals surface area contributed by atoms with Crippen molar-refractivity contribution in [3.05, 3.63) is 36.0 Å². The summed E-state index contributed by atoms with van der Waals surface area (Å²) in [5, 5.41) is 3.04. The molecule has 0 saturated carbocycles.